The van der Waals surface area contributed by atoms with E-state index in [1.807, 2.05) is 12.1 Å². The maximum atomic E-state index is 14.2. The minimum Gasteiger partial charge on any atom is -0.384 e. The molecule has 1 aromatic rings. The monoisotopic (exact) mass is 280 g/mol. The molecule has 0 aliphatic carbocycles. The first-order chi connectivity index (χ1) is 9.74. The molecule has 1 aromatic carbocycles. The van der Waals surface area contributed by atoms with Crippen LogP contribution >= 0.6 is 0 Å². The van der Waals surface area contributed by atoms with E-state index in [0.29, 0.717) is 5.92 Å². The number of nitrogens with zero attached hydrogens (tertiary/aromatic N) is 1. The summed E-state index contributed by atoms with van der Waals surface area (Å²) in [6.07, 6.45) is 2.17. The van der Waals surface area contributed by atoms with Crippen molar-refractivity contribution >= 4 is 5.69 Å². The minimum atomic E-state index is -0.112. The molecule has 0 saturated carbocycles. The Hall–Kier alpha value is -1.13. The molecule has 1 aliphatic heterocycles. The van der Waals surface area contributed by atoms with Crippen molar-refractivity contribution in [1.82, 2.24) is 5.32 Å². The van der Waals surface area contributed by atoms with Crippen molar-refractivity contribution in [2.45, 2.75) is 26.3 Å². The molecule has 2 rings (SSSR count). The summed E-state index contributed by atoms with van der Waals surface area (Å²) in [7, 11) is 1.72. The first-order valence-electron chi connectivity index (χ1n) is 7.47. The first kappa shape index (κ1) is 15.3. The van der Waals surface area contributed by atoms with Gasteiger partial charge in [-0.3, -0.25) is 0 Å². The van der Waals surface area contributed by atoms with Crippen molar-refractivity contribution in [3.63, 3.8) is 0 Å². The van der Waals surface area contributed by atoms with Crippen LogP contribution in [0.1, 0.15) is 25.3 Å². The second-order valence-electron chi connectivity index (χ2n) is 5.52. The molecule has 1 aliphatic rings. The van der Waals surface area contributed by atoms with E-state index in [0.717, 1.165) is 56.9 Å². The molecule has 112 valence electrons. The molecule has 1 heterocycles. The zero-order chi connectivity index (χ0) is 14.4. The summed E-state index contributed by atoms with van der Waals surface area (Å²) in [4.78, 5) is 2.13. The van der Waals surface area contributed by atoms with Gasteiger partial charge in [0.25, 0.3) is 0 Å². The van der Waals surface area contributed by atoms with Gasteiger partial charge < -0.3 is 15.0 Å². The van der Waals surface area contributed by atoms with Gasteiger partial charge in [-0.2, -0.15) is 0 Å². The zero-order valence-corrected chi connectivity index (χ0v) is 12.5. The van der Waals surface area contributed by atoms with E-state index in [1.54, 1.807) is 13.2 Å². The topological polar surface area (TPSA) is 24.5 Å². The fourth-order valence-electron chi connectivity index (χ4n) is 2.75. The van der Waals surface area contributed by atoms with Crippen LogP contribution in [0.2, 0.25) is 0 Å². The van der Waals surface area contributed by atoms with Crippen molar-refractivity contribution in [1.29, 1.82) is 0 Å². The number of hydrogen-bond donors (Lipinski definition) is 1. The fourth-order valence-corrected chi connectivity index (χ4v) is 2.75. The van der Waals surface area contributed by atoms with Gasteiger partial charge in [-0.05, 0) is 37.1 Å². The van der Waals surface area contributed by atoms with Crippen LogP contribution in [0, 0.1) is 11.7 Å². The molecule has 1 unspecified atom stereocenters. The van der Waals surface area contributed by atoms with Crippen molar-refractivity contribution in [3.8, 4) is 0 Å². The molecule has 3 nitrogen and oxygen atoms in total. The number of methoxy groups -OCH3 is 1. The number of hydrogen-bond acceptors (Lipinski definition) is 3. The van der Waals surface area contributed by atoms with Crippen LogP contribution in [0.5, 0.6) is 0 Å². The minimum absolute atomic E-state index is 0.112. The van der Waals surface area contributed by atoms with Gasteiger partial charge in [-0.15, -0.1) is 0 Å². The second-order valence-corrected chi connectivity index (χ2v) is 5.52. The molecule has 1 atom stereocenters. The summed E-state index contributed by atoms with van der Waals surface area (Å²) >= 11 is 0. The summed E-state index contributed by atoms with van der Waals surface area (Å²) in [6.45, 7) is 6.39. The Morgan fingerprint density at radius 3 is 3.00 bits per heavy atom. The molecule has 1 N–H and O–H groups in total. The number of benzene rings is 1. The van der Waals surface area contributed by atoms with E-state index < -0.39 is 0 Å². The molecule has 20 heavy (non-hydrogen) atoms. The Balaban J connectivity index is 1.96. The third-order valence-corrected chi connectivity index (χ3v) is 3.80. The van der Waals surface area contributed by atoms with Crippen molar-refractivity contribution < 1.29 is 9.13 Å². The number of nitrogens with one attached hydrogen (secondary N) is 1. The van der Waals surface area contributed by atoms with Gasteiger partial charge in [0, 0.05) is 32.7 Å². The lowest BCUT2D eigenvalue weighted by atomic mass is 10.1. The first-order valence-corrected chi connectivity index (χ1v) is 7.47. The van der Waals surface area contributed by atoms with Gasteiger partial charge in [0.1, 0.15) is 5.82 Å². The Morgan fingerprint density at radius 1 is 1.45 bits per heavy atom. The normalized spacial score (nSPS) is 18.8. The summed E-state index contributed by atoms with van der Waals surface area (Å²) in [6, 6.07) is 5.58. The summed E-state index contributed by atoms with van der Waals surface area (Å²) < 4.78 is 19.4. The maximum Gasteiger partial charge on any atom is 0.146 e. The highest BCUT2D eigenvalue weighted by Crippen LogP contribution is 2.27. The molecule has 0 spiro atoms. The number of ether oxygens (including phenoxy) is 1. The largest absolute Gasteiger partial charge is 0.384 e. The lowest BCUT2D eigenvalue weighted by Crippen LogP contribution is -2.22. The third-order valence-electron chi connectivity index (χ3n) is 3.80. The van der Waals surface area contributed by atoms with Gasteiger partial charge in [0.15, 0.2) is 0 Å². The third kappa shape index (κ3) is 3.93. The molecule has 1 fully saturated rings. The Labute approximate surface area is 121 Å². The highest BCUT2D eigenvalue weighted by Gasteiger charge is 2.24. The van der Waals surface area contributed by atoms with Crippen LogP contribution in [-0.4, -0.2) is 33.4 Å². The zero-order valence-electron chi connectivity index (χ0n) is 12.5. The Bertz CT molecular complexity index is 425. The molecule has 0 bridgehead atoms. The predicted octanol–water partition coefficient (Wildman–Crippen LogP) is 2.80. The van der Waals surface area contributed by atoms with Crippen LogP contribution in [0.3, 0.4) is 0 Å². The number of halogens is 1. The smallest absolute Gasteiger partial charge is 0.146 e. The van der Waals surface area contributed by atoms with Gasteiger partial charge in [-0.25, -0.2) is 4.39 Å². The lowest BCUT2D eigenvalue weighted by molar-refractivity contribution is 0.161. The molecule has 4 heteroatoms. The van der Waals surface area contributed by atoms with Crippen LogP contribution in [0.4, 0.5) is 10.1 Å². The van der Waals surface area contributed by atoms with E-state index in [1.165, 1.54) is 0 Å². The molecule has 0 radical (unpaired) electrons. The molecular weight excluding hydrogens is 255 g/mol. The molecular formula is C16H25FN2O. The SMILES string of the molecule is CCCNCc1ccc(N2CCC(COC)C2)c(F)c1. The second kappa shape index (κ2) is 7.60. The average Bonchev–Trinajstić information content (AvgIpc) is 2.88. The van der Waals surface area contributed by atoms with Gasteiger partial charge in [0.05, 0.1) is 12.3 Å². The van der Waals surface area contributed by atoms with E-state index in [9.17, 15) is 4.39 Å². The van der Waals surface area contributed by atoms with E-state index in [2.05, 4.69) is 17.1 Å². The van der Waals surface area contributed by atoms with E-state index in [4.69, 9.17) is 4.74 Å². The van der Waals surface area contributed by atoms with Crippen LogP contribution in [-0.2, 0) is 11.3 Å². The highest BCUT2D eigenvalue weighted by molar-refractivity contribution is 5.50. The Morgan fingerprint density at radius 2 is 2.30 bits per heavy atom. The molecule has 0 aromatic heterocycles. The van der Waals surface area contributed by atoms with Crippen LogP contribution < -0.4 is 10.2 Å². The van der Waals surface area contributed by atoms with Crippen LogP contribution in [0.15, 0.2) is 18.2 Å². The summed E-state index contributed by atoms with van der Waals surface area (Å²) in [5.41, 5.74) is 1.73. The van der Waals surface area contributed by atoms with Gasteiger partial charge in [-0.1, -0.05) is 13.0 Å². The van der Waals surface area contributed by atoms with Crippen molar-refractivity contribution in [2.75, 3.05) is 38.3 Å². The predicted molar refractivity (Wildman–Crippen MR) is 80.6 cm³/mol. The quantitative estimate of drug-likeness (QED) is 0.777. The van der Waals surface area contributed by atoms with Gasteiger partial charge in [0.2, 0.25) is 0 Å². The van der Waals surface area contributed by atoms with E-state index in [-0.39, 0.29) is 5.82 Å². The van der Waals surface area contributed by atoms with Crippen molar-refractivity contribution in [2.24, 2.45) is 5.92 Å². The maximum absolute atomic E-state index is 14.2. The standard InChI is InChI=1S/C16H25FN2O/c1-3-7-18-10-13-4-5-16(15(17)9-13)19-8-6-14(11-19)12-20-2/h4-5,9,14,18H,3,6-8,10-12H2,1-2H3. The fraction of sp³-hybridized carbons (Fsp3) is 0.625. The van der Waals surface area contributed by atoms with E-state index >= 15 is 0 Å². The Kier molecular flexibility index (Phi) is 5.80. The number of anilines is 1. The summed E-state index contributed by atoms with van der Waals surface area (Å²) in [5.74, 6) is 0.407. The molecule has 0 amide bonds. The number of rotatable bonds is 7. The average molecular weight is 280 g/mol. The van der Waals surface area contributed by atoms with Crippen molar-refractivity contribution in [3.05, 3.63) is 29.6 Å². The lowest BCUT2D eigenvalue weighted by Gasteiger charge is -2.20. The summed E-state index contributed by atoms with van der Waals surface area (Å²) in [5, 5.41) is 3.29. The highest BCUT2D eigenvalue weighted by atomic mass is 19.1. The van der Waals surface area contributed by atoms with Crippen LogP contribution in [0.25, 0.3) is 0 Å². The van der Waals surface area contributed by atoms with Gasteiger partial charge >= 0.3 is 0 Å². The molecule has 1 saturated heterocycles.